The van der Waals surface area contributed by atoms with Crippen LogP contribution in [0, 0.1) is 6.20 Å². The second-order valence-electron chi connectivity index (χ2n) is 3.23. The molecule has 104 valence electrons. The first-order chi connectivity index (χ1) is 8.17. The van der Waals surface area contributed by atoms with Crippen LogP contribution in [-0.2, 0) is 43.1 Å². The zero-order valence-electron chi connectivity index (χ0n) is 9.57. The van der Waals surface area contributed by atoms with E-state index in [0.29, 0.717) is 12.1 Å². The number of ether oxygens (including phenoxy) is 1. The fourth-order valence-corrected chi connectivity index (χ4v) is 1.13. The van der Waals surface area contributed by atoms with Gasteiger partial charge in [-0.05, 0) is 6.42 Å². The number of rotatable bonds is 6. The Morgan fingerprint density at radius 2 is 2.33 bits per heavy atom. The summed E-state index contributed by atoms with van der Waals surface area (Å²) in [4.78, 5) is 22.5. The summed E-state index contributed by atoms with van der Waals surface area (Å²) in [5.41, 5.74) is 0.596. The summed E-state index contributed by atoms with van der Waals surface area (Å²) in [7, 11) is 1.18. The summed E-state index contributed by atoms with van der Waals surface area (Å²) in [6, 6.07) is -1.03. The molecule has 0 unspecified atom stereocenters. The summed E-state index contributed by atoms with van der Waals surface area (Å²) in [6.45, 7) is -0.504. The van der Waals surface area contributed by atoms with Crippen LogP contribution >= 0.6 is 0 Å². The number of aromatic nitrogens is 3. The van der Waals surface area contributed by atoms with Gasteiger partial charge < -0.3 is 31.6 Å². The number of aromatic amines is 1. The van der Waals surface area contributed by atoms with Crippen molar-refractivity contribution in [3.63, 3.8) is 0 Å². The van der Waals surface area contributed by atoms with Crippen molar-refractivity contribution in [3.05, 3.63) is 11.9 Å². The van der Waals surface area contributed by atoms with Gasteiger partial charge in [-0.25, -0.2) is 4.79 Å². The van der Waals surface area contributed by atoms with Gasteiger partial charge in [0.05, 0.1) is 13.7 Å². The van der Waals surface area contributed by atoms with Gasteiger partial charge in [-0.1, -0.05) is 0 Å². The van der Waals surface area contributed by atoms with Crippen LogP contribution < -0.4 is 5.32 Å². The van der Waals surface area contributed by atoms with Crippen LogP contribution in [-0.4, -0.2) is 52.2 Å². The average Bonchev–Trinajstić information content (AvgIpc) is 2.85. The molecule has 1 rings (SSSR count). The van der Waals surface area contributed by atoms with Gasteiger partial charge in [-0.2, -0.15) is 0 Å². The topological polar surface area (TPSA) is 117 Å². The molecule has 1 aromatic heterocycles. The first-order valence-corrected chi connectivity index (χ1v) is 4.93. The number of nitrogens with zero attached hydrogens (tertiary/aromatic N) is 2. The summed E-state index contributed by atoms with van der Waals surface area (Å²) in [6.07, 6.45) is 3.06. The van der Waals surface area contributed by atoms with Gasteiger partial charge in [0.15, 0.2) is 6.04 Å². The molecule has 0 bridgehead atoms. The number of carbonyl (C=O) groups is 2. The van der Waals surface area contributed by atoms with E-state index in [-0.39, 0.29) is 34.7 Å². The van der Waals surface area contributed by atoms with Crippen LogP contribution in [0.5, 0.6) is 0 Å². The number of hydrogen-bond acceptors (Lipinski definition) is 6. The minimum absolute atomic E-state index is 0. The summed E-state index contributed by atoms with van der Waals surface area (Å²) in [5, 5.41) is 20.7. The Kier molecular flexibility index (Phi) is 8.21. The quantitative estimate of drug-likeness (QED) is 0.274. The van der Waals surface area contributed by atoms with E-state index in [9.17, 15) is 9.59 Å². The Balaban J connectivity index is 0.00000289. The summed E-state index contributed by atoms with van der Waals surface area (Å²) >= 11 is 0. The van der Waals surface area contributed by atoms with Gasteiger partial charge in [0, 0.05) is 6.42 Å². The van der Waals surface area contributed by atoms with E-state index in [4.69, 9.17) is 5.11 Å². The number of carbonyl (C=O) groups excluding carboxylic acids is 2. The largest absolute Gasteiger partial charge is 1.00 e. The van der Waals surface area contributed by atoms with E-state index >= 15 is 0 Å². The molecule has 0 aliphatic rings. The third-order valence-corrected chi connectivity index (χ3v) is 2.03. The minimum atomic E-state index is -1.03. The molecule has 3 N–H and O–H groups in total. The van der Waals surface area contributed by atoms with Crippen molar-refractivity contribution in [2.24, 2.45) is 0 Å². The molecule has 0 aliphatic heterocycles. The van der Waals surface area contributed by atoms with Crippen LogP contribution in [0.4, 0.5) is 0 Å². The monoisotopic (exact) mass is 438 g/mol. The molecule has 18 heavy (non-hydrogen) atoms. The van der Waals surface area contributed by atoms with E-state index in [1.54, 1.807) is 0 Å². The zero-order chi connectivity index (χ0) is 12.7. The first-order valence-electron chi connectivity index (χ1n) is 4.93. The summed E-state index contributed by atoms with van der Waals surface area (Å²) < 4.78 is 4.41. The van der Waals surface area contributed by atoms with E-state index in [1.165, 1.54) is 7.11 Å². The van der Waals surface area contributed by atoms with Crippen molar-refractivity contribution >= 4 is 11.9 Å². The molecule has 1 amide bonds. The molecule has 8 nitrogen and oxygen atoms in total. The summed E-state index contributed by atoms with van der Waals surface area (Å²) in [5.74, 6) is -1.06. The van der Waals surface area contributed by atoms with Gasteiger partial charge in [-0.3, -0.25) is 4.79 Å². The second-order valence-corrected chi connectivity index (χ2v) is 3.23. The minimum Gasteiger partial charge on any atom is -0.467 e. The van der Waals surface area contributed by atoms with Crippen molar-refractivity contribution in [2.45, 2.75) is 18.9 Å². The fourth-order valence-electron chi connectivity index (χ4n) is 1.13. The molecule has 0 saturated carbocycles. The Morgan fingerprint density at radius 1 is 1.61 bits per heavy atom. The van der Waals surface area contributed by atoms with Gasteiger partial charge in [0.25, 0.3) is 0 Å². The van der Waals surface area contributed by atoms with E-state index < -0.39 is 18.6 Å². The van der Waals surface area contributed by atoms with Crippen LogP contribution in [0.1, 0.15) is 12.1 Å². The van der Waals surface area contributed by atoms with E-state index in [1.807, 2.05) is 0 Å². The molecular weight excluding hydrogens is 425 g/mol. The number of hydrogen-bond donors (Lipinski definition) is 3. The number of esters is 1. The van der Waals surface area contributed by atoms with Gasteiger partial charge in [0.1, 0.15) is 0 Å². The Bertz CT molecular complexity index is 371. The molecule has 1 aromatic rings. The molecule has 9 heteroatoms. The molecular formula is C9H13AuN4O4. The molecule has 0 aromatic carbocycles. The zero-order valence-corrected chi connectivity index (χ0v) is 11.7. The van der Waals surface area contributed by atoms with Crippen LogP contribution in [0.3, 0.4) is 0 Å². The van der Waals surface area contributed by atoms with Crippen LogP contribution in [0.15, 0.2) is 0 Å². The van der Waals surface area contributed by atoms with Crippen LogP contribution in [0.2, 0.25) is 0 Å². The number of aliphatic hydroxyl groups excluding tert-OH is 1. The fraction of sp³-hybridized carbons (Fsp3) is 0.556. The first kappa shape index (κ1) is 16.8. The molecule has 0 saturated heterocycles. The SMILES string of the molecule is COC(=O)[C@@H](CO)NC(=O)CCc1[c-]nn[nH]1.[Au+]. The van der Waals surface area contributed by atoms with Crippen molar-refractivity contribution < 1.29 is 41.8 Å². The van der Waals surface area contributed by atoms with Crippen molar-refractivity contribution in [1.82, 2.24) is 20.7 Å². The third-order valence-electron chi connectivity index (χ3n) is 2.03. The Morgan fingerprint density at radius 3 is 2.83 bits per heavy atom. The Hall–Kier alpha value is -1.22. The predicted octanol–water partition coefficient (Wildman–Crippen LogP) is -1.81. The van der Waals surface area contributed by atoms with E-state index in [0.717, 1.165) is 0 Å². The van der Waals surface area contributed by atoms with Crippen molar-refractivity contribution in [1.29, 1.82) is 0 Å². The van der Waals surface area contributed by atoms with Gasteiger partial charge in [0.2, 0.25) is 5.91 Å². The standard InChI is InChI=1S/C9H13N4O4.Au/c1-17-9(16)7(5-14)11-8(15)3-2-6-4-10-13-12-6;/h7,14H,2-3,5H2,1H3,(H,11,15)(H,10,12,13);/q-1;+1/t7-;/m1./s1. The van der Waals surface area contributed by atoms with Crippen molar-refractivity contribution in [3.8, 4) is 0 Å². The number of nitrogens with one attached hydrogen (secondary N) is 2. The number of H-pyrrole nitrogens is 1. The van der Waals surface area contributed by atoms with Gasteiger partial charge >= 0.3 is 28.3 Å². The maximum absolute atomic E-state index is 11.4. The van der Waals surface area contributed by atoms with Gasteiger partial charge in [-0.15, -0.1) is 10.9 Å². The molecule has 0 fully saturated rings. The molecule has 1 heterocycles. The van der Waals surface area contributed by atoms with Crippen LogP contribution in [0.25, 0.3) is 0 Å². The number of methoxy groups -OCH3 is 1. The number of aliphatic hydroxyl groups is 1. The number of aryl methyl sites for hydroxylation is 1. The maximum Gasteiger partial charge on any atom is 1.00 e. The number of amides is 1. The Labute approximate surface area is 119 Å². The average molecular weight is 438 g/mol. The second kappa shape index (κ2) is 8.81. The third kappa shape index (κ3) is 5.41. The maximum atomic E-state index is 11.4. The molecule has 1 atom stereocenters. The molecule has 0 spiro atoms. The molecule has 0 aliphatic carbocycles. The van der Waals surface area contributed by atoms with E-state index in [2.05, 4.69) is 31.7 Å². The normalized spacial score (nSPS) is 11.2. The van der Waals surface area contributed by atoms with Crippen molar-refractivity contribution in [2.75, 3.05) is 13.7 Å². The smallest absolute Gasteiger partial charge is 0.467 e. The predicted molar refractivity (Wildman–Crippen MR) is 54.6 cm³/mol. The molecule has 0 radical (unpaired) electrons.